The fourth-order valence-electron chi connectivity index (χ4n) is 1.92. The number of nitrogens with zero attached hydrogens (tertiary/aromatic N) is 1. The molecule has 1 saturated heterocycles. The fourth-order valence-corrected chi connectivity index (χ4v) is 2.99. The van der Waals surface area contributed by atoms with Crippen molar-refractivity contribution < 1.29 is 9.22 Å². The van der Waals surface area contributed by atoms with Crippen molar-refractivity contribution in [1.29, 1.82) is 0 Å². The first-order valence-electron chi connectivity index (χ1n) is 5.77. The summed E-state index contributed by atoms with van der Waals surface area (Å²) in [5, 5.41) is 0. The molecule has 0 saturated carbocycles. The quantitative estimate of drug-likeness (QED) is 0.693. The van der Waals surface area contributed by atoms with Gasteiger partial charge in [-0.1, -0.05) is 20.8 Å². The van der Waals surface area contributed by atoms with Crippen molar-refractivity contribution in [2.75, 3.05) is 6.54 Å². The minimum absolute atomic E-state index is 0.0112. The van der Waals surface area contributed by atoms with Gasteiger partial charge >= 0.3 is 0 Å². The molecule has 0 aromatic carbocycles. The molecule has 88 valence electrons. The molecule has 1 atom stereocenters. The van der Waals surface area contributed by atoms with Crippen molar-refractivity contribution in [3.63, 3.8) is 0 Å². The Hall–Kier alpha value is -0.353. The van der Waals surface area contributed by atoms with E-state index in [1.165, 1.54) is 0 Å². The third kappa shape index (κ3) is 3.31. The molecule has 0 unspecified atom stereocenters. The molecule has 3 nitrogen and oxygen atoms in total. The van der Waals surface area contributed by atoms with Crippen LogP contribution in [0.5, 0.6) is 0 Å². The van der Waals surface area contributed by atoms with Crippen LogP contribution in [0.15, 0.2) is 0 Å². The van der Waals surface area contributed by atoms with Gasteiger partial charge in [0.25, 0.3) is 0 Å². The Morgan fingerprint density at radius 1 is 1.40 bits per heavy atom. The number of carbonyl (C=O) groups excluding carboxylic acids is 1. The van der Waals surface area contributed by atoms with Gasteiger partial charge in [-0.2, -0.15) is 0 Å². The van der Waals surface area contributed by atoms with Crippen LogP contribution in [0, 0.1) is 5.41 Å². The third-order valence-corrected chi connectivity index (χ3v) is 3.34. The van der Waals surface area contributed by atoms with E-state index in [1.807, 2.05) is 4.90 Å². The van der Waals surface area contributed by atoms with E-state index in [4.69, 9.17) is 4.43 Å². The Balaban J connectivity index is 2.76. The standard InChI is InChI=1S/C11H23NO2Si/c1-11(2,3)10(14-15(4)5)12-8-6-7-9(12)13/h10,15H,6-8H2,1-5H3/t10-/m0/s1. The van der Waals surface area contributed by atoms with Gasteiger partial charge in [-0.3, -0.25) is 4.79 Å². The Morgan fingerprint density at radius 2 is 2.00 bits per heavy atom. The number of likely N-dealkylation sites (tertiary alicyclic amines) is 1. The number of amides is 1. The van der Waals surface area contributed by atoms with Crippen molar-refractivity contribution in [3.8, 4) is 0 Å². The van der Waals surface area contributed by atoms with Crippen LogP contribution in [0.25, 0.3) is 0 Å². The lowest BCUT2D eigenvalue weighted by Crippen LogP contribution is -2.48. The van der Waals surface area contributed by atoms with E-state index < -0.39 is 9.04 Å². The van der Waals surface area contributed by atoms with Gasteiger partial charge < -0.3 is 9.33 Å². The van der Waals surface area contributed by atoms with Gasteiger partial charge in [0, 0.05) is 18.4 Å². The van der Waals surface area contributed by atoms with Crippen molar-refractivity contribution in [2.45, 2.75) is 52.9 Å². The lowest BCUT2D eigenvalue weighted by molar-refractivity contribution is -0.141. The second-order valence-electron chi connectivity index (χ2n) is 5.59. The zero-order chi connectivity index (χ0) is 11.6. The van der Waals surface area contributed by atoms with E-state index in [0.29, 0.717) is 6.42 Å². The molecule has 0 aromatic heterocycles. The summed E-state index contributed by atoms with van der Waals surface area (Å²) < 4.78 is 6.01. The van der Waals surface area contributed by atoms with E-state index in [0.717, 1.165) is 13.0 Å². The summed E-state index contributed by atoms with van der Waals surface area (Å²) in [5.74, 6) is 0.254. The van der Waals surface area contributed by atoms with Crippen molar-refractivity contribution in [1.82, 2.24) is 4.90 Å². The van der Waals surface area contributed by atoms with Crippen molar-refractivity contribution in [3.05, 3.63) is 0 Å². The van der Waals surface area contributed by atoms with Crippen LogP contribution in [0.2, 0.25) is 13.1 Å². The summed E-state index contributed by atoms with van der Waals surface area (Å²) in [6, 6.07) is 0. The van der Waals surface area contributed by atoms with E-state index in [-0.39, 0.29) is 17.6 Å². The van der Waals surface area contributed by atoms with Gasteiger partial charge in [-0.25, -0.2) is 0 Å². The minimum atomic E-state index is -1.11. The van der Waals surface area contributed by atoms with Crippen LogP contribution < -0.4 is 0 Å². The first kappa shape index (κ1) is 12.7. The maximum Gasteiger partial charge on any atom is 0.224 e. The predicted molar refractivity (Wildman–Crippen MR) is 64.2 cm³/mol. The molecule has 1 amide bonds. The van der Waals surface area contributed by atoms with Crippen LogP contribution in [-0.4, -0.2) is 32.6 Å². The van der Waals surface area contributed by atoms with Crippen LogP contribution in [-0.2, 0) is 9.22 Å². The molecular weight excluding hydrogens is 206 g/mol. The third-order valence-electron chi connectivity index (χ3n) is 2.53. The summed E-state index contributed by atoms with van der Waals surface area (Å²) in [6.45, 7) is 11.6. The number of rotatable bonds is 3. The lowest BCUT2D eigenvalue weighted by atomic mass is 9.93. The maximum absolute atomic E-state index is 11.7. The first-order chi connectivity index (χ1) is 6.82. The molecule has 15 heavy (non-hydrogen) atoms. The molecule has 0 spiro atoms. The highest BCUT2D eigenvalue weighted by Gasteiger charge is 2.36. The summed E-state index contributed by atoms with van der Waals surface area (Å²) >= 11 is 0. The SMILES string of the molecule is C[SiH](C)O[C@H](N1CCCC1=O)C(C)(C)C. The maximum atomic E-state index is 11.7. The normalized spacial score (nSPS) is 20.1. The average Bonchev–Trinajstić information content (AvgIpc) is 2.45. The highest BCUT2D eigenvalue weighted by Crippen LogP contribution is 2.29. The molecule has 0 bridgehead atoms. The Kier molecular flexibility index (Phi) is 3.95. The summed E-state index contributed by atoms with van der Waals surface area (Å²) in [5.41, 5.74) is 0.0112. The monoisotopic (exact) mass is 229 g/mol. The van der Waals surface area contributed by atoms with Gasteiger partial charge in [0.1, 0.15) is 6.23 Å². The van der Waals surface area contributed by atoms with Gasteiger partial charge in [-0.05, 0) is 19.5 Å². The lowest BCUT2D eigenvalue weighted by Gasteiger charge is -2.39. The highest BCUT2D eigenvalue weighted by atomic mass is 28.3. The van der Waals surface area contributed by atoms with Gasteiger partial charge in [0.05, 0.1) is 0 Å². The Labute approximate surface area is 94.5 Å². The van der Waals surface area contributed by atoms with E-state index in [9.17, 15) is 4.79 Å². The van der Waals surface area contributed by atoms with Crippen LogP contribution in [0.1, 0.15) is 33.6 Å². The van der Waals surface area contributed by atoms with Crippen molar-refractivity contribution >= 4 is 14.9 Å². The van der Waals surface area contributed by atoms with Gasteiger partial charge in [-0.15, -0.1) is 0 Å². The molecular formula is C11H23NO2Si. The molecule has 4 heteroatoms. The fraction of sp³-hybridized carbons (Fsp3) is 0.909. The van der Waals surface area contributed by atoms with E-state index in [2.05, 4.69) is 33.9 Å². The average molecular weight is 229 g/mol. The summed E-state index contributed by atoms with van der Waals surface area (Å²) in [7, 11) is -1.11. The molecule has 1 aliphatic rings. The van der Waals surface area contributed by atoms with E-state index >= 15 is 0 Å². The second kappa shape index (κ2) is 4.66. The largest absolute Gasteiger partial charge is 0.400 e. The summed E-state index contributed by atoms with van der Waals surface area (Å²) in [6.07, 6.45) is 1.64. The molecule has 0 radical (unpaired) electrons. The number of carbonyl (C=O) groups is 1. The summed E-state index contributed by atoms with van der Waals surface area (Å²) in [4.78, 5) is 13.6. The number of hydrogen-bond acceptors (Lipinski definition) is 2. The van der Waals surface area contributed by atoms with Crippen LogP contribution in [0.3, 0.4) is 0 Å². The second-order valence-corrected chi connectivity index (χ2v) is 7.96. The van der Waals surface area contributed by atoms with Gasteiger partial charge in [0.2, 0.25) is 5.91 Å². The zero-order valence-electron chi connectivity index (χ0n) is 10.5. The molecule has 0 aliphatic carbocycles. The zero-order valence-corrected chi connectivity index (χ0v) is 11.7. The number of hydrogen-bond donors (Lipinski definition) is 0. The highest BCUT2D eigenvalue weighted by molar-refractivity contribution is 6.48. The smallest absolute Gasteiger partial charge is 0.224 e. The van der Waals surface area contributed by atoms with E-state index in [1.54, 1.807) is 0 Å². The van der Waals surface area contributed by atoms with Crippen LogP contribution >= 0.6 is 0 Å². The predicted octanol–water partition coefficient (Wildman–Crippen LogP) is 1.98. The van der Waals surface area contributed by atoms with Crippen molar-refractivity contribution in [2.24, 2.45) is 5.41 Å². The van der Waals surface area contributed by atoms with Crippen LogP contribution in [0.4, 0.5) is 0 Å². The minimum Gasteiger partial charge on any atom is -0.400 e. The Bertz CT molecular complexity index is 235. The Morgan fingerprint density at radius 3 is 2.33 bits per heavy atom. The molecule has 1 fully saturated rings. The first-order valence-corrected chi connectivity index (χ1v) is 8.55. The molecule has 1 rings (SSSR count). The topological polar surface area (TPSA) is 29.5 Å². The molecule has 0 aromatic rings. The van der Waals surface area contributed by atoms with Gasteiger partial charge in [0.15, 0.2) is 9.04 Å². The molecule has 0 N–H and O–H groups in total. The molecule has 1 heterocycles. The molecule has 1 aliphatic heterocycles.